The zero-order valence-electron chi connectivity index (χ0n) is 6.10. The lowest BCUT2D eigenvalue weighted by Gasteiger charge is -2.01. The van der Waals surface area contributed by atoms with Crippen LogP contribution in [0.1, 0.15) is 13.8 Å². The van der Waals surface area contributed by atoms with Crippen molar-refractivity contribution in [2.45, 2.75) is 13.8 Å². The fourth-order valence-electron chi connectivity index (χ4n) is 0.457. The van der Waals surface area contributed by atoms with Gasteiger partial charge in [-0.3, -0.25) is 0 Å². The third-order valence-electron chi connectivity index (χ3n) is 0.980. The lowest BCUT2D eigenvalue weighted by Crippen LogP contribution is -2.12. The van der Waals surface area contributed by atoms with Gasteiger partial charge < -0.3 is 10.8 Å². The van der Waals surface area contributed by atoms with Crippen LogP contribution < -0.4 is 5.43 Å². The molecule has 0 aliphatic carbocycles. The predicted molar refractivity (Wildman–Crippen MR) is 40.1 cm³/mol. The van der Waals surface area contributed by atoms with Gasteiger partial charge in [-0.2, -0.15) is 5.10 Å². The van der Waals surface area contributed by atoms with Gasteiger partial charge in [0.05, 0.1) is 5.71 Å². The summed E-state index contributed by atoms with van der Waals surface area (Å²) in [4.78, 5) is 0. The molecule has 0 unspecified atom stereocenters. The molecular weight excluding hydrogens is 114 g/mol. The van der Waals surface area contributed by atoms with E-state index in [1.165, 1.54) is 6.21 Å². The smallest absolute Gasteiger partial charge is 0.0803 e. The summed E-state index contributed by atoms with van der Waals surface area (Å²) in [6.45, 7) is 4.00. The molecule has 0 saturated heterocycles. The molecular formula is C6H13N3. The minimum atomic E-state index is 0.329. The van der Waals surface area contributed by atoms with Crippen LogP contribution in [0.4, 0.5) is 0 Å². The fraction of sp³-hybridized carbons (Fsp3) is 0.667. The second-order valence-corrected chi connectivity index (χ2v) is 2.06. The van der Waals surface area contributed by atoms with Crippen LogP contribution in [0.5, 0.6) is 0 Å². The summed E-state index contributed by atoms with van der Waals surface area (Å²) in [6.07, 6.45) is 1.27. The van der Waals surface area contributed by atoms with Gasteiger partial charge >= 0.3 is 0 Å². The quantitative estimate of drug-likeness (QED) is 0.429. The average Bonchev–Trinajstić information content (AvgIpc) is 1.82. The molecule has 0 rings (SSSR count). The summed E-state index contributed by atoms with van der Waals surface area (Å²) in [5.74, 6) is 0.329. The third-order valence-corrected chi connectivity index (χ3v) is 0.980. The lowest BCUT2D eigenvalue weighted by atomic mass is 10.1. The molecule has 0 saturated carbocycles. The zero-order chi connectivity index (χ0) is 7.28. The molecule has 0 amide bonds. The minimum absolute atomic E-state index is 0.329. The maximum Gasteiger partial charge on any atom is 0.0803 e. The van der Waals surface area contributed by atoms with E-state index in [4.69, 9.17) is 5.41 Å². The normalized spacial score (nSPS) is 11.8. The van der Waals surface area contributed by atoms with Crippen molar-refractivity contribution in [3.05, 3.63) is 0 Å². The molecule has 9 heavy (non-hydrogen) atoms. The van der Waals surface area contributed by atoms with Crippen molar-refractivity contribution in [3.63, 3.8) is 0 Å². The number of hydrogen-bond donors (Lipinski definition) is 2. The van der Waals surface area contributed by atoms with Gasteiger partial charge in [-0.1, -0.05) is 13.8 Å². The SMILES string of the molecule is CN/N=C(\C=N)C(C)C. The topological polar surface area (TPSA) is 48.2 Å². The predicted octanol–water partition coefficient (Wildman–Crippen LogP) is 0.867. The molecule has 0 atom stereocenters. The number of rotatable bonds is 3. The molecule has 0 aliphatic rings. The monoisotopic (exact) mass is 127 g/mol. The molecule has 52 valence electrons. The molecule has 0 heterocycles. The summed E-state index contributed by atoms with van der Waals surface area (Å²) in [5, 5.41) is 10.8. The number of hydrogen-bond acceptors (Lipinski definition) is 3. The van der Waals surface area contributed by atoms with Gasteiger partial charge in [0.15, 0.2) is 0 Å². The highest BCUT2D eigenvalue weighted by atomic mass is 15.3. The maximum absolute atomic E-state index is 6.90. The Labute approximate surface area is 55.7 Å². The first-order chi connectivity index (χ1) is 4.22. The highest BCUT2D eigenvalue weighted by Gasteiger charge is 1.98. The van der Waals surface area contributed by atoms with E-state index in [1.807, 2.05) is 13.8 Å². The van der Waals surface area contributed by atoms with Gasteiger partial charge in [-0.05, 0) is 5.92 Å². The molecule has 0 aromatic rings. The Balaban J connectivity index is 3.97. The number of nitrogens with one attached hydrogen (secondary N) is 2. The van der Waals surface area contributed by atoms with Crippen molar-refractivity contribution < 1.29 is 0 Å². The summed E-state index contributed by atoms with van der Waals surface area (Å²) in [7, 11) is 1.73. The second kappa shape index (κ2) is 4.06. The van der Waals surface area contributed by atoms with Gasteiger partial charge in [0.25, 0.3) is 0 Å². The van der Waals surface area contributed by atoms with Crippen LogP contribution in [-0.2, 0) is 0 Å². The number of nitrogens with zero attached hydrogens (tertiary/aromatic N) is 1. The molecule has 0 aromatic carbocycles. The Kier molecular flexibility index (Phi) is 3.67. The van der Waals surface area contributed by atoms with Gasteiger partial charge in [-0.15, -0.1) is 0 Å². The van der Waals surface area contributed by atoms with E-state index >= 15 is 0 Å². The number of hydrazone groups is 1. The fourth-order valence-corrected chi connectivity index (χ4v) is 0.457. The first kappa shape index (κ1) is 8.14. The highest BCUT2D eigenvalue weighted by molar-refractivity contribution is 6.30. The highest BCUT2D eigenvalue weighted by Crippen LogP contribution is 1.92. The van der Waals surface area contributed by atoms with Gasteiger partial charge in [0.2, 0.25) is 0 Å². The van der Waals surface area contributed by atoms with Crippen molar-refractivity contribution in [2.24, 2.45) is 11.0 Å². The summed E-state index contributed by atoms with van der Waals surface area (Å²) >= 11 is 0. The third kappa shape index (κ3) is 2.85. The summed E-state index contributed by atoms with van der Waals surface area (Å²) in [5.41, 5.74) is 3.41. The molecule has 3 nitrogen and oxygen atoms in total. The van der Waals surface area contributed by atoms with Gasteiger partial charge in [-0.25, -0.2) is 0 Å². The van der Waals surface area contributed by atoms with Gasteiger partial charge in [0.1, 0.15) is 0 Å². The van der Waals surface area contributed by atoms with E-state index in [9.17, 15) is 0 Å². The Morgan fingerprint density at radius 2 is 2.22 bits per heavy atom. The van der Waals surface area contributed by atoms with Crippen LogP contribution in [0.2, 0.25) is 0 Å². The Morgan fingerprint density at radius 3 is 2.33 bits per heavy atom. The van der Waals surface area contributed by atoms with Crippen molar-refractivity contribution in [2.75, 3.05) is 7.05 Å². The van der Waals surface area contributed by atoms with E-state index in [1.54, 1.807) is 7.05 Å². The average molecular weight is 127 g/mol. The first-order valence-corrected chi connectivity index (χ1v) is 2.97. The van der Waals surface area contributed by atoms with Crippen LogP contribution in [-0.4, -0.2) is 19.0 Å². The maximum atomic E-state index is 6.90. The van der Waals surface area contributed by atoms with Crippen molar-refractivity contribution >= 4 is 11.9 Å². The van der Waals surface area contributed by atoms with E-state index in [0.717, 1.165) is 5.71 Å². The van der Waals surface area contributed by atoms with E-state index < -0.39 is 0 Å². The molecule has 3 heteroatoms. The molecule has 0 aromatic heterocycles. The molecule has 0 bridgehead atoms. The summed E-state index contributed by atoms with van der Waals surface area (Å²) in [6, 6.07) is 0. The second-order valence-electron chi connectivity index (χ2n) is 2.06. The minimum Gasteiger partial charge on any atom is -0.313 e. The van der Waals surface area contributed by atoms with Crippen LogP contribution in [0.3, 0.4) is 0 Å². The largest absolute Gasteiger partial charge is 0.313 e. The van der Waals surface area contributed by atoms with Crippen LogP contribution in [0.25, 0.3) is 0 Å². The van der Waals surface area contributed by atoms with Crippen LogP contribution >= 0.6 is 0 Å². The van der Waals surface area contributed by atoms with Crippen molar-refractivity contribution in [1.29, 1.82) is 5.41 Å². The van der Waals surface area contributed by atoms with Crippen LogP contribution in [0.15, 0.2) is 5.10 Å². The molecule has 0 fully saturated rings. The van der Waals surface area contributed by atoms with Gasteiger partial charge in [0, 0.05) is 13.3 Å². The Morgan fingerprint density at radius 1 is 1.67 bits per heavy atom. The summed E-state index contributed by atoms with van der Waals surface area (Å²) < 4.78 is 0. The molecule has 0 radical (unpaired) electrons. The van der Waals surface area contributed by atoms with E-state index in [0.29, 0.717) is 5.92 Å². The Hall–Kier alpha value is -0.860. The Bertz CT molecular complexity index is 115. The standard InChI is InChI=1S/C6H13N3/c1-5(2)6(4-7)9-8-3/h4-5,7-8H,1-3H3/b7-4?,9-6+. The molecule has 2 N–H and O–H groups in total. The van der Waals surface area contributed by atoms with Crippen molar-refractivity contribution in [1.82, 2.24) is 5.43 Å². The van der Waals surface area contributed by atoms with E-state index in [-0.39, 0.29) is 0 Å². The lowest BCUT2D eigenvalue weighted by molar-refractivity contribution is 0.837. The molecule has 0 spiro atoms. The van der Waals surface area contributed by atoms with E-state index in [2.05, 4.69) is 10.5 Å². The zero-order valence-corrected chi connectivity index (χ0v) is 6.10. The molecule has 0 aliphatic heterocycles. The first-order valence-electron chi connectivity index (χ1n) is 2.97. The van der Waals surface area contributed by atoms with Crippen molar-refractivity contribution in [3.8, 4) is 0 Å². The van der Waals surface area contributed by atoms with Crippen LogP contribution in [0, 0.1) is 11.3 Å².